The number of aryl methyl sites for hydroxylation is 2. The first-order valence-electron chi connectivity index (χ1n) is 9.20. The second-order valence-corrected chi connectivity index (χ2v) is 7.21. The van der Waals surface area contributed by atoms with Crippen molar-refractivity contribution < 1.29 is 9.53 Å². The first-order chi connectivity index (χ1) is 13.0. The third kappa shape index (κ3) is 5.79. The molecule has 1 atom stereocenters. The fourth-order valence-corrected chi connectivity index (χ4v) is 3.49. The van der Waals surface area contributed by atoms with Crippen molar-refractivity contribution in [3.8, 4) is 0 Å². The zero-order valence-electron chi connectivity index (χ0n) is 16.6. The average molecular weight is 389 g/mol. The van der Waals surface area contributed by atoms with Crippen molar-refractivity contribution in [2.75, 3.05) is 13.2 Å². The van der Waals surface area contributed by atoms with Crippen LogP contribution in [0.5, 0.6) is 0 Å². The summed E-state index contributed by atoms with van der Waals surface area (Å²) in [5, 5.41) is 7.46. The minimum absolute atomic E-state index is 0.0773. The van der Waals surface area contributed by atoms with Gasteiger partial charge in [0.05, 0.1) is 24.9 Å². The third-order valence-electron chi connectivity index (χ3n) is 4.01. The number of nitrogens with zero attached hydrogens (tertiary/aromatic N) is 2. The first kappa shape index (κ1) is 20.9. The monoisotopic (exact) mass is 388 g/mol. The summed E-state index contributed by atoms with van der Waals surface area (Å²) in [6.45, 7) is 11.5. The Kier molecular flexibility index (Phi) is 7.79. The molecule has 0 aliphatic rings. The van der Waals surface area contributed by atoms with Crippen LogP contribution in [0.25, 0.3) is 0 Å². The molecule has 6 nitrogen and oxygen atoms in total. The number of carbonyl (C=O) groups excluding carboxylic acids is 1. The van der Waals surface area contributed by atoms with Crippen LogP contribution in [0.2, 0.25) is 0 Å². The molecular weight excluding hydrogens is 360 g/mol. The van der Waals surface area contributed by atoms with E-state index < -0.39 is 0 Å². The summed E-state index contributed by atoms with van der Waals surface area (Å²) in [6.07, 6.45) is 0. The number of aliphatic imine (C=N–C) groups is 1. The number of benzene rings is 1. The summed E-state index contributed by atoms with van der Waals surface area (Å²) in [7, 11) is 0. The highest BCUT2D eigenvalue weighted by atomic mass is 32.1. The number of guanidine groups is 1. The van der Waals surface area contributed by atoms with Crippen LogP contribution >= 0.6 is 11.3 Å². The van der Waals surface area contributed by atoms with Crippen molar-refractivity contribution in [1.82, 2.24) is 15.6 Å². The van der Waals surface area contributed by atoms with Gasteiger partial charge in [-0.3, -0.25) is 0 Å². The largest absolute Gasteiger partial charge is 0.462 e. The van der Waals surface area contributed by atoms with Gasteiger partial charge in [-0.15, -0.1) is 11.3 Å². The summed E-state index contributed by atoms with van der Waals surface area (Å²) in [6, 6.07) is 8.15. The van der Waals surface area contributed by atoms with Gasteiger partial charge in [0.2, 0.25) is 0 Å². The van der Waals surface area contributed by atoms with Crippen LogP contribution in [0.3, 0.4) is 0 Å². The maximum absolute atomic E-state index is 12.0. The van der Waals surface area contributed by atoms with Crippen LogP contribution in [-0.4, -0.2) is 30.1 Å². The van der Waals surface area contributed by atoms with Crippen molar-refractivity contribution in [2.45, 2.75) is 47.2 Å². The molecule has 1 aromatic carbocycles. The van der Waals surface area contributed by atoms with Gasteiger partial charge in [-0.25, -0.2) is 14.8 Å². The second-order valence-electron chi connectivity index (χ2n) is 6.17. The Labute approximate surface area is 165 Å². The van der Waals surface area contributed by atoms with Crippen LogP contribution in [0.1, 0.15) is 58.3 Å². The predicted molar refractivity (Wildman–Crippen MR) is 110 cm³/mol. The number of nitrogens with one attached hydrogen (secondary N) is 2. The lowest BCUT2D eigenvalue weighted by atomic mass is 10.1. The number of hydrogen-bond donors (Lipinski definition) is 2. The lowest BCUT2D eigenvalue weighted by molar-refractivity contribution is 0.0531. The maximum Gasteiger partial charge on any atom is 0.350 e. The van der Waals surface area contributed by atoms with E-state index in [4.69, 9.17) is 4.74 Å². The van der Waals surface area contributed by atoms with Crippen LogP contribution in [0.4, 0.5) is 0 Å². The van der Waals surface area contributed by atoms with E-state index in [2.05, 4.69) is 39.7 Å². The lowest BCUT2D eigenvalue weighted by Crippen LogP contribution is -2.38. The molecule has 0 aliphatic heterocycles. The van der Waals surface area contributed by atoms with E-state index in [0.29, 0.717) is 23.7 Å². The number of aromatic nitrogens is 1. The first-order valence-corrected chi connectivity index (χ1v) is 10.0. The molecule has 1 unspecified atom stereocenters. The van der Waals surface area contributed by atoms with E-state index in [1.807, 2.05) is 32.9 Å². The van der Waals surface area contributed by atoms with E-state index in [9.17, 15) is 4.79 Å². The Balaban J connectivity index is 2.11. The molecule has 0 amide bonds. The van der Waals surface area contributed by atoms with Crippen molar-refractivity contribution >= 4 is 23.3 Å². The molecule has 0 saturated carbocycles. The van der Waals surface area contributed by atoms with E-state index in [0.717, 1.165) is 17.5 Å². The van der Waals surface area contributed by atoms with E-state index in [1.54, 1.807) is 6.92 Å². The minimum atomic E-state index is -0.314. The predicted octanol–water partition coefficient (Wildman–Crippen LogP) is 3.75. The number of rotatable bonds is 7. The van der Waals surface area contributed by atoms with Gasteiger partial charge in [0.1, 0.15) is 9.88 Å². The highest BCUT2D eigenvalue weighted by Gasteiger charge is 2.20. The fourth-order valence-electron chi connectivity index (χ4n) is 2.53. The number of ether oxygens (including phenoxy) is 1. The second kappa shape index (κ2) is 10.1. The Bertz CT molecular complexity index is 801. The van der Waals surface area contributed by atoms with Crippen molar-refractivity contribution in [1.29, 1.82) is 0 Å². The van der Waals surface area contributed by atoms with E-state index >= 15 is 0 Å². The third-order valence-corrected chi connectivity index (χ3v) is 5.33. The van der Waals surface area contributed by atoms with Crippen molar-refractivity contribution in [3.05, 3.63) is 51.0 Å². The molecule has 0 spiro atoms. The van der Waals surface area contributed by atoms with Gasteiger partial charge >= 0.3 is 5.97 Å². The number of thiazole rings is 1. The summed E-state index contributed by atoms with van der Waals surface area (Å²) in [4.78, 5) is 21.8. The van der Waals surface area contributed by atoms with Gasteiger partial charge in [-0.1, -0.05) is 24.3 Å². The topological polar surface area (TPSA) is 75.6 Å². The van der Waals surface area contributed by atoms with Crippen LogP contribution < -0.4 is 10.6 Å². The normalized spacial score (nSPS) is 12.6. The van der Waals surface area contributed by atoms with Crippen molar-refractivity contribution in [3.63, 3.8) is 0 Å². The molecule has 0 aliphatic carbocycles. The Morgan fingerprint density at radius 1 is 1.30 bits per heavy atom. The van der Waals surface area contributed by atoms with Gasteiger partial charge < -0.3 is 15.4 Å². The lowest BCUT2D eigenvalue weighted by Gasteiger charge is -2.16. The number of hydrogen-bond acceptors (Lipinski definition) is 5. The highest BCUT2D eigenvalue weighted by molar-refractivity contribution is 7.13. The summed E-state index contributed by atoms with van der Waals surface area (Å²) >= 11 is 1.36. The van der Waals surface area contributed by atoms with Crippen molar-refractivity contribution in [2.24, 2.45) is 4.99 Å². The molecule has 1 aromatic heterocycles. The molecule has 1 heterocycles. The molecule has 2 N–H and O–H groups in total. The van der Waals surface area contributed by atoms with Gasteiger partial charge in [-0.05, 0) is 45.7 Å². The Morgan fingerprint density at radius 2 is 2.04 bits per heavy atom. The molecule has 0 fully saturated rings. The molecular formula is C20H28N4O2S. The number of carbonyl (C=O) groups is 1. The SMILES string of the molecule is CCNC(=NCc1ccccc1C)NC(C)c1nc(C)c(C(=O)OCC)s1. The minimum Gasteiger partial charge on any atom is -0.462 e. The zero-order valence-corrected chi connectivity index (χ0v) is 17.4. The van der Waals surface area contributed by atoms with E-state index in [-0.39, 0.29) is 12.0 Å². The van der Waals surface area contributed by atoms with Gasteiger partial charge in [0.25, 0.3) is 0 Å². The summed E-state index contributed by atoms with van der Waals surface area (Å²) in [5.74, 6) is 0.407. The Hall–Kier alpha value is -2.41. The van der Waals surface area contributed by atoms with Crippen LogP contribution in [-0.2, 0) is 11.3 Å². The van der Waals surface area contributed by atoms with Gasteiger partial charge in [0, 0.05) is 6.54 Å². The van der Waals surface area contributed by atoms with E-state index in [1.165, 1.54) is 22.5 Å². The zero-order chi connectivity index (χ0) is 19.8. The number of esters is 1. The maximum atomic E-state index is 12.0. The molecule has 2 rings (SSSR count). The van der Waals surface area contributed by atoms with Crippen LogP contribution in [0, 0.1) is 13.8 Å². The fraction of sp³-hybridized carbons (Fsp3) is 0.450. The summed E-state index contributed by atoms with van der Waals surface area (Å²) < 4.78 is 5.10. The highest BCUT2D eigenvalue weighted by Crippen LogP contribution is 2.24. The van der Waals surface area contributed by atoms with Gasteiger partial charge in [0.15, 0.2) is 5.96 Å². The smallest absolute Gasteiger partial charge is 0.350 e. The molecule has 7 heteroatoms. The summed E-state index contributed by atoms with van der Waals surface area (Å²) in [5.41, 5.74) is 3.11. The molecule has 2 aromatic rings. The molecule has 0 bridgehead atoms. The Morgan fingerprint density at radius 3 is 2.70 bits per heavy atom. The molecule has 0 radical (unpaired) electrons. The standard InChI is InChI=1S/C20H28N4O2S/c1-6-21-20(22-12-16-11-9-8-10-13(16)3)24-15(5)18-23-14(4)17(27-18)19(25)26-7-2/h8-11,15H,6-7,12H2,1-5H3,(H2,21,22,24). The molecule has 27 heavy (non-hydrogen) atoms. The average Bonchev–Trinajstić information content (AvgIpc) is 3.03. The quantitative estimate of drug-likeness (QED) is 0.429. The van der Waals surface area contributed by atoms with Gasteiger partial charge in [-0.2, -0.15) is 0 Å². The molecule has 146 valence electrons. The van der Waals surface area contributed by atoms with Crippen LogP contribution in [0.15, 0.2) is 29.3 Å². The molecule has 0 saturated heterocycles.